The second-order valence-electron chi connectivity index (χ2n) is 9.21. The Morgan fingerprint density at radius 2 is 1.83 bits per heavy atom. The summed E-state index contributed by atoms with van der Waals surface area (Å²) in [6.45, 7) is 2.29. The van der Waals surface area contributed by atoms with Gasteiger partial charge >= 0.3 is 5.97 Å². The topological polar surface area (TPSA) is 98.7 Å². The Bertz CT molecular complexity index is 1010. The van der Waals surface area contributed by atoms with Crippen LogP contribution in [0.1, 0.15) is 67.3 Å². The minimum absolute atomic E-state index is 0.0176. The van der Waals surface area contributed by atoms with Gasteiger partial charge in [-0.15, -0.1) is 0 Å². The van der Waals surface area contributed by atoms with E-state index in [0.29, 0.717) is 5.56 Å². The fourth-order valence-corrected chi connectivity index (χ4v) is 4.63. The summed E-state index contributed by atoms with van der Waals surface area (Å²) < 4.78 is 27.4. The smallest absolute Gasteiger partial charge is 0.303 e. The highest BCUT2D eigenvalue weighted by Gasteiger charge is 2.26. The minimum atomic E-state index is -1.02. The first-order valence-electron chi connectivity index (χ1n) is 12.2. The Balaban J connectivity index is 1.69. The maximum atomic E-state index is 13.7. The van der Waals surface area contributed by atoms with Gasteiger partial charge in [-0.1, -0.05) is 25.1 Å². The third-order valence-electron chi connectivity index (χ3n) is 6.49. The van der Waals surface area contributed by atoms with Crippen LogP contribution in [-0.2, 0) is 28.9 Å². The summed E-state index contributed by atoms with van der Waals surface area (Å²) in [5, 5.41) is 25.9. The second-order valence-corrected chi connectivity index (χ2v) is 9.21. The van der Waals surface area contributed by atoms with Crippen molar-refractivity contribution >= 4 is 11.9 Å². The predicted molar refractivity (Wildman–Crippen MR) is 129 cm³/mol. The zero-order chi connectivity index (χ0) is 25.4. The number of carboxylic acids is 1. The Hall–Kier alpha value is -2.84. The van der Waals surface area contributed by atoms with Crippen molar-refractivity contribution in [2.24, 2.45) is 0 Å². The number of benzene rings is 2. The van der Waals surface area contributed by atoms with Crippen LogP contribution in [0.5, 0.6) is 0 Å². The first-order valence-corrected chi connectivity index (χ1v) is 12.2. The van der Waals surface area contributed by atoms with E-state index in [-0.39, 0.29) is 38.3 Å². The summed E-state index contributed by atoms with van der Waals surface area (Å²) in [6.07, 6.45) is 2.91. The van der Waals surface area contributed by atoms with Crippen LogP contribution in [0.25, 0.3) is 0 Å². The molecule has 0 aliphatic heterocycles. The highest BCUT2D eigenvalue weighted by atomic mass is 19.1. The third kappa shape index (κ3) is 8.11. The first kappa shape index (κ1) is 26.8. The number of aliphatic carboxylic acids is 1. The molecule has 0 saturated carbocycles. The van der Waals surface area contributed by atoms with Crippen molar-refractivity contribution in [2.45, 2.75) is 76.5 Å². The molecule has 2 aromatic rings. The Kier molecular flexibility index (Phi) is 9.74. The number of aryl methyl sites for hydroxylation is 2. The van der Waals surface area contributed by atoms with Crippen LogP contribution in [0.3, 0.4) is 0 Å². The molecule has 0 saturated heterocycles. The summed E-state index contributed by atoms with van der Waals surface area (Å²) in [4.78, 5) is 23.1. The molecule has 1 amide bonds. The largest absolute Gasteiger partial charge is 0.481 e. The van der Waals surface area contributed by atoms with Gasteiger partial charge < -0.3 is 20.8 Å². The summed E-state index contributed by atoms with van der Waals surface area (Å²) in [7, 11) is 0. The quantitative estimate of drug-likeness (QED) is 0.364. The molecule has 6 nitrogen and oxygen atoms in total. The van der Waals surface area contributed by atoms with Crippen molar-refractivity contribution in [1.29, 1.82) is 0 Å². The number of fused-ring (bicyclic) bond motifs is 1. The number of carboxylic acid groups (broad SMARTS) is 1. The lowest BCUT2D eigenvalue weighted by Crippen LogP contribution is -2.49. The van der Waals surface area contributed by atoms with Gasteiger partial charge in [0.25, 0.3) is 0 Å². The lowest BCUT2D eigenvalue weighted by atomic mass is 9.86. The molecule has 0 fully saturated rings. The molecule has 2 aromatic carbocycles. The Morgan fingerprint density at radius 3 is 2.51 bits per heavy atom. The van der Waals surface area contributed by atoms with E-state index >= 15 is 0 Å². The molecule has 0 aromatic heterocycles. The molecule has 4 N–H and O–H groups in total. The first-order chi connectivity index (χ1) is 16.7. The van der Waals surface area contributed by atoms with Gasteiger partial charge in [0.2, 0.25) is 5.91 Å². The van der Waals surface area contributed by atoms with Crippen LogP contribution in [0.15, 0.2) is 36.4 Å². The summed E-state index contributed by atoms with van der Waals surface area (Å²) in [5.41, 5.74) is 4.08. The molecule has 35 heavy (non-hydrogen) atoms. The van der Waals surface area contributed by atoms with Gasteiger partial charge in [-0.3, -0.25) is 9.59 Å². The van der Waals surface area contributed by atoms with Gasteiger partial charge in [0.15, 0.2) is 0 Å². The van der Waals surface area contributed by atoms with Gasteiger partial charge in [-0.2, -0.15) is 0 Å². The van der Waals surface area contributed by atoms with Gasteiger partial charge in [-0.05, 0) is 72.9 Å². The van der Waals surface area contributed by atoms with Crippen LogP contribution in [0, 0.1) is 11.6 Å². The third-order valence-corrected chi connectivity index (χ3v) is 6.49. The average molecular weight is 489 g/mol. The molecule has 3 atom stereocenters. The Morgan fingerprint density at radius 1 is 1.09 bits per heavy atom. The fourth-order valence-electron chi connectivity index (χ4n) is 4.63. The lowest BCUT2D eigenvalue weighted by Gasteiger charge is -2.30. The number of aliphatic hydroxyl groups excluding tert-OH is 1. The maximum Gasteiger partial charge on any atom is 0.303 e. The average Bonchev–Trinajstić information content (AvgIpc) is 2.80. The number of aliphatic hydroxyl groups is 1. The van der Waals surface area contributed by atoms with E-state index < -0.39 is 35.7 Å². The molecular weight excluding hydrogens is 454 g/mol. The summed E-state index contributed by atoms with van der Waals surface area (Å²) in [5.74, 6) is -2.87. The van der Waals surface area contributed by atoms with E-state index in [0.717, 1.165) is 31.7 Å². The molecule has 1 aliphatic carbocycles. The maximum absolute atomic E-state index is 13.7. The number of hydrogen-bond donors (Lipinski definition) is 4. The van der Waals surface area contributed by atoms with Crippen molar-refractivity contribution in [1.82, 2.24) is 10.6 Å². The molecular formula is C27H34F2N2O4. The number of halogens is 2. The molecule has 0 radical (unpaired) electrons. The van der Waals surface area contributed by atoms with Crippen LogP contribution in [0.2, 0.25) is 0 Å². The highest BCUT2D eigenvalue weighted by Crippen LogP contribution is 2.30. The van der Waals surface area contributed by atoms with E-state index in [1.165, 1.54) is 28.8 Å². The predicted octanol–water partition coefficient (Wildman–Crippen LogP) is 3.84. The number of hydrogen-bond acceptors (Lipinski definition) is 4. The summed E-state index contributed by atoms with van der Waals surface area (Å²) >= 11 is 0. The molecule has 3 rings (SSSR count). The zero-order valence-electron chi connectivity index (χ0n) is 20.0. The monoisotopic (exact) mass is 488 g/mol. The van der Waals surface area contributed by atoms with Gasteiger partial charge in [-0.25, -0.2) is 8.78 Å². The molecule has 190 valence electrons. The van der Waals surface area contributed by atoms with Crippen molar-refractivity contribution in [3.8, 4) is 0 Å². The minimum Gasteiger partial charge on any atom is -0.481 e. The molecule has 3 unspecified atom stereocenters. The SMILES string of the molecule is CCc1ccc2c(c1)C(NCC(O)C(Cc1cc(F)cc(F)c1)NC(=O)CCCC(=O)O)CCC2. The number of amides is 1. The molecule has 0 heterocycles. The van der Waals surface area contributed by atoms with Crippen molar-refractivity contribution < 1.29 is 28.6 Å². The zero-order valence-corrected chi connectivity index (χ0v) is 20.0. The van der Waals surface area contributed by atoms with Crippen molar-refractivity contribution in [3.05, 3.63) is 70.3 Å². The highest BCUT2D eigenvalue weighted by molar-refractivity contribution is 5.77. The normalized spacial score (nSPS) is 16.9. The molecule has 0 bridgehead atoms. The van der Waals surface area contributed by atoms with Crippen molar-refractivity contribution in [3.63, 3.8) is 0 Å². The Labute approximate surface area is 204 Å². The second kappa shape index (κ2) is 12.7. The number of carbonyl (C=O) groups excluding carboxylic acids is 1. The van der Waals surface area contributed by atoms with Crippen LogP contribution in [-0.4, -0.2) is 40.8 Å². The molecule has 8 heteroatoms. The number of nitrogens with one attached hydrogen (secondary N) is 2. The fraction of sp³-hybridized carbons (Fsp3) is 0.481. The van der Waals surface area contributed by atoms with E-state index in [1.807, 2.05) is 0 Å². The number of carbonyl (C=O) groups is 2. The van der Waals surface area contributed by atoms with E-state index in [9.17, 15) is 23.5 Å². The van der Waals surface area contributed by atoms with E-state index in [2.05, 4.69) is 35.8 Å². The van der Waals surface area contributed by atoms with Gasteiger partial charge in [0.1, 0.15) is 11.6 Å². The van der Waals surface area contributed by atoms with Crippen LogP contribution >= 0.6 is 0 Å². The van der Waals surface area contributed by atoms with Gasteiger partial charge in [0.05, 0.1) is 12.1 Å². The van der Waals surface area contributed by atoms with Crippen molar-refractivity contribution in [2.75, 3.05) is 6.54 Å². The van der Waals surface area contributed by atoms with Crippen LogP contribution < -0.4 is 10.6 Å². The number of rotatable bonds is 12. The van der Waals surface area contributed by atoms with Gasteiger partial charge in [0, 0.05) is 31.5 Å². The molecule has 0 spiro atoms. The summed E-state index contributed by atoms with van der Waals surface area (Å²) in [6, 6.07) is 8.90. The van der Waals surface area contributed by atoms with E-state index in [4.69, 9.17) is 5.11 Å². The van der Waals surface area contributed by atoms with Crippen LogP contribution in [0.4, 0.5) is 8.78 Å². The molecule has 1 aliphatic rings. The van der Waals surface area contributed by atoms with E-state index in [1.54, 1.807) is 0 Å². The standard InChI is InChI=1S/C27H34F2N2O4/c1-2-17-9-10-19-5-3-6-23(22(19)13-17)30-16-25(32)24(31-26(33)7-4-8-27(34)35)14-18-11-20(28)15-21(29)12-18/h9-13,15,23-25,30,32H,2-8,14,16H2,1H3,(H,31,33)(H,34,35). The lowest BCUT2D eigenvalue weighted by molar-refractivity contribution is -0.137.